The first-order valence-electron chi connectivity index (χ1n) is 8.20. The highest BCUT2D eigenvalue weighted by atomic mass is 79.9. The van der Waals surface area contributed by atoms with Crippen molar-refractivity contribution in [2.75, 3.05) is 6.54 Å². The van der Waals surface area contributed by atoms with Crippen LogP contribution in [0.3, 0.4) is 0 Å². The van der Waals surface area contributed by atoms with Crippen molar-refractivity contribution in [3.63, 3.8) is 0 Å². The van der Waals surface area contributed by atoms with Gasteiger partial charge in [0.15, 0.2) is 0 Å². The molecule has 1 saturated carbocycles. The molecule has 0 saturated heterocycles. The lowest BCUT2D eigenvalue weighted by Gasteiger charge is -2.37. The van der Waals surface area contributed by atoms with Gasteiger partial charge in [0.2, 0.25) is 0 Å². The summed E-state index contributed by atoms with van der Waals surface area (Å²) in [4.78, 5) is 0. The number of benzene rings is 1. The van der Waals surface area contributed by atoms with Crippen molar-refractivity contribution in [2.45, 2.75) is 52.5 Å². The summed E-state index contributed by atoms with van der Waals surface area (Å²) >= 11 is 9.84. The highest BCUT2D eigenvalue weighted by Gasteiger charge is 2.30. The summed E-state index contributed by atoms with van der Waals surface area (Å²) < 4.78 is 1.07. The van der Waals surface area contributed by atoms with Crippen LogP contribution >= 0.6 is 27.5 Å². The fraction of sp³-hybridized carbons (Fsp3) is 0.667. The van der Waals surface area contributed by atoms with Gasteiger partial charge in [0, 0.05) is 15.5 Å². The molecular weight excluding hydrogens is 346 g/mol. The molecule has 1 nitrogen and oxygen atoms in total. The molecule has 0 bridgehead atoms. The predicted octanol–water partition coefficient (Wildman–Crippen LogP) is 6.22. The van der Waals surface area contributed by atoms with E-state index in [9.17, 15) is 0 Å². The lowest BCUT2D eigenvalue weighted by atomic mass is 9.72. The molecule has 3 heteroatoms. The number of nitrogens with one attached hydrogen (secondary N) is 1. The molecule has 0 radical (unpaired) electrons. The predicted molar refractivity (Wildman–Crippen MR) is 95.9 cm³/mol. The van der Waals surface area contributed by atoms with Gasteiger partial charge in [0.05, 0.1) is 0 Å². The van der Waals surface area contributed by atoms with Crippen LogP contribution in [0.1, 0.15) is 58.1 Å². The van der Waals surface area contributed by atoms with Gasteiger partial charge in [0.25, 0.3) is 0 Å². The maximum absolute atomic E-state index is 6.26. The third kappa shape index (κ3) is 4.71. The largest absolute Gasteiger partial charge is 0.310 e. The Morgan fingerprint density at radius 1 is 1.24 bits per heavy atom. The first-order chi connectivity index (χ1) is 10.0. The Kier molecular flexibility index (Phi) is 6.58. The van der Waals surface area contributed by atoms with E-state index < -0.39 is 0 Å². The normalized spacial score (nSPS) is 27.6. The van der Waals surface area contributed by atoms with Crippen LogP contribution in [0.4, 0.5) is 0 Å². The van der Waals surface area contributed by atoms with E-state index in [1.165, 1.54) is 24.8 Å². The van der Waals surface area contributed by atoms with Gasteiger partial charge in [-0.1, -0.05) is 54.7 Å². The molecule has 1 aliphatic carbocycles. The van der Waals surface area contributed by atoms with Crippen molar-refractivity contribution in [3.8, 4) is 0 Å². The summed E-state index contributed by atoms with van der Waals surface area (Å²) in [6.07, 6.45) is 5.14. The topological polar surface area (TPSA) is 12.0 Å². The number of hydrogen-bond donors (Lipinski definition) is 1. The maximum Gasteiger partial charge on any atom is 0.0420 e. The average Bonchev–Trinajstić information content (AvgIpc) is 2.42. The van der Waals surface area contributed by atoms with E-state index in [0.717, 1.165) is 34.3 Å². The standard InChI is InChI=1S/C18H27BrClN/c1-4-7-21-18(14-6-5-12(2)13(3)8-14)15-9-16(19)11-17(20)10-15/h9-14,18,21H,4-8H2,1-3H3. The quantitative estimate of drug-likeness (QED) is 0.647. The zero-order chi connectivity index (χ0) is 15.4. The summed E-state index contributed by atoms with van der Waals surface area (Å²) in [6, 6.07) is 6.74. The van der Waals surface area contributed by atoms with E-state index >= 15 is 0 Å². The zero-order valence-electron chi connectivity index (χ0n) is 13.3. The second-order valence-electron chi connectivity index (χ2n) is 6.66. The van der Waals surface area contributed by atoms with Gasteiger partial charge in [-0.15, -0.1) is 0 Å². The van der Waals surface area contributed by atoms with Gasteiger partial charge in [0.1, 0.15) is 0 Å². The van der Waals surface area contributed by atoms with E-state index in [4.69, 9.17) is 11.6 Å². The number of halogens is 2. The Morgan fingerprint density at radius 2 is 2.00 bits per heavy atom. The van der Waals surface area contributed by atoms with Crippen molar-refractivity contribution in [2.24, 2.45) is 17.8 Å². The smallest absolute Gasteiger partial charge is 0.0420 e. The molecule has 4 atom stereocenters. The van der Waals surface area contributed by atoms with Gasteiger partial charge in [-0.2, -0.15) is 0 Å². The first kappa shape index (κ1) is 17.3. The van der Waals surface area contributed by atoms with E-state index in [2.05, 4.69) is 54.2 Å². The molecule has 0 amide bonds. The van der Waals surface area contributed by atoms with Gasteiger partial charge in [-0.3, -0.25) is 0 Å². The molecular formula is C18H27BrClN. The third-order valence-corrected chi connectivity index (χ3v) is 5.64. The van der Waals surface area contributed by atoms with Crippen LogP contribution in [0.5, 0.6) is 0 Å². The van der Waals surface area contributed by atoms with Crippen molar-refractivity contribution in [1.82, 2.24) is 5.32 Å². The Labute approximate surface area is 143 Å². The van der Waals surface area contributed by atoms with Crippen molar-refractivity contribution < 1.29 is 0 Å². The lowest BCUT2D eigenvalue weighted by Crippen LogP contribution is -2.33. The third-order valence-electron chi connectivity index (χ3n) is 4.97. The van der Waals surface area contributed by atoms with Crippen LogP contribution in [0.15, 0.2) is 22.7 Å². The molecule has 118 valence electrons. The fourth-order valence-electron chi connectivity index (χ4n) is 3.50. The Balaban J connectivity index is 2.21. The summed E-state index contributed by atoms with van der Waals surface area (Å²) in [5, 5.41) is 4.59. The second kappa shape index (κ2) is 7.99. The average molecular weight is 373 g/mol. The van der Waals surface area contributed by atoms with Crippen LogP contribution in [0.2, 0.25) is 5.02 Å². The van der Waals surface area contributed by atoms with Crippen molar-refractivity contribution >= 4 is 27.5 Å². The number of hydrogen-bond acceptors (Lipinski definition) is 1. The molecule has 21 heavy (non-hydrogen) atoms. The molecule has 0 spiro atoms. The first-order valence-corrected chi connectivity index (χ1v) is 9.37. The minimum Gasteiger partial charge on any atom is -0.310 e. The van der Waals surface area contributed by atoms with Crippen LogP contribution in [0.25, 0.3) is 0 Å². The molecule has 2 rings (SSSR count). The second-order valence-corrected chi connectivity index (χ2v) is 8.01. The Hall–Kier alpha value is -0.0500. The molecule has 1 N–H and O–H groups in total. The van der Waals surface area contributed by atoms with Crippen LogP contribution in [-0.4, -0.2) is 6.54 Å². The molecule has 1 fully saturated rings. The van der Waals surface area contributed by atoms with Crippen molar-refractivity contribution in [3.05, 3.63) is 33.3 Å². The molecule has 0 aromatic heterocycles. The van der Waals surface area contributed by atoms with Crippen LogP contribution in [-0.2, 0) is 0 Å². The molecule has 1 aromatic carbocycles. The minimum atomic E-state index is 0.426. The van der Waals surface area contributed by atoms with E-state index in [1.54, 1.807) is 0 Å². The molecule has 1 aromatic rings. The highest BCUT2D eigenvalue weighted by molar-refractivity contribution is 9.10. The van der Waals surface area contributed by atoms with Crippen LogP contribution < -0.4 is 5.32 Å². The van der Waals surface area contributed by atoms with E-state index in [-0.39, 0.29) is 0 Å². The van der Waals surface area contributed by atoms with E-state index in [1.807, 2.05) is 6.07 Å². The monoisotopic (exact) mass is 371 g/mol. The van der Waals surface area contributed by atoms with Crippen LogP contribution in [0, 0.1) is 17.8 Å². The maximum atomic E-state index is 6.26. The van der Waals surface area contributed by atoms with Gasteiger partial charge in [-0.25, -0.2) is 0 Å². The summed E-state index contributed by atoms with van der Waals surface area (Å²) in [5.41, 5.74) is 1.33. The van der Waals surface area contributed by atoms with Gasteiger partial charge < -0.3 is 5.32 Å². The summed E-state index contributed by atoms with van der Waals surface area (Å²) in [5.74, 6) is 2.39. The summed E-state index contributed by atoms with van der Waals surface area (Å²) in [6.45, 7) is 8.09. The highest BCUT2D eigenvalue weighted by Crippen LogP contribution is 2.40. The molecule has 1 aliphatic rings. The van der Waals surface area contributed by atoms with Gasteiger partial charge >= 0.3 is 0 Å². The minimum absolute atomic E-state index is 0.426. The lowest BCUT2D eigenvalue weighted by molar-refractivity contribution is 0.171. The Bertz CT molecular complexity index is 442. The summed E-state index contributed by atoms with van der Waals surface area (Å²) in [7, 11) is 0. The molecule has 0 aliphatic heterocycles. The SMILES string of the molecule is CCCNC(c1cc(Cl)cc(Br)c1)C1CCC(C)C(C)C1. The number of rotatable bonds is 5. The molecule has 4 unspecified atom stereocenters. The van der Waals surface area contributed by atoms with Crippen molar-refractivity contribution in [1.29, 1.82) is 0 Å². The Morgan fingerprint density at radius 3 is 2.62 bits per heavy atom. The molecule has 0 heterocycles. The fourth-order valence-corrected chi connectivity index (χ4v) is 4.39. The zero-order valence-corrected chi connectivity index (χ0v) is 15.7. The van der Waals surface area contributed by atoms with Gasteiger partial charge in [-0.05, 0) is 67.3 Å². The van der Waals surface area contributed by atoms with E-state index in [0.29, 0.717) is 12.0 Å².